The van der Waals surface area contributed by atoms with Crippen LogP contribution in [-0.2, 0) is 7.05 Å². The van der Waals surface area contributed by atoms with E-state index in [0.29, 0.717) is 0 Å². The fraction of sp³-hybridized carbons (Fsp3) is 0.333. The molecule has 0 aliphatic carbocycles. The summed E-state index contributed by atoms with van der Waals surface area (Å²) in [5.74, 6) is 0. The van der Waals surface area contributed by atoms with Gasteiger partial charge >= 0.3 is 0 Å². The highest BCUT2D eigenvalue weighted by Gasteiger charge is 2.02. The van der Waals surface area contributed by atoms with Crippen molar-refractivity contribution in [3.8, 4) is 0 Å². The number of nitrogens with zero attached hydrogens (tertiary/aromatic N) is 3. The molecule has 62 valence electrons. The van der Waals surface area contributed by atoms with Gasteiger partial charge in [0.2, 0.25) is 0 Å². The molecular formula is C9H11N3. The Bertz CT molecular complexity index is 429. The number of aryl methyl sites for hydroxylation is 3. The molecule has 0 spiro atoms. The minimum atomic E-state index is 0.957. The summed E-state index contributed by atoms with van der Waals surface area (Å²) in [6.45, 7) is 3.96. The molecule has 0 saturated heterocycles. The predicted octanol–water partition coefficient (Wildman–Crippen LogP) is 1.59. The van der Waals surface area contributed by atoms with E-state index in [4.69, 9.17) is 0 Å². The van der Waals surface area contributed by atoms with E-state index < -0.39 is 0 Å². The zero-order valence-corrected chi connectivity index (χ0v) is 7.50. The van der Waals surface area contributed by atoms with Gasteiger partial charge in [-0.15, -0.1) is 0 Å². The highest BCUT2D eigenvalue weighted by Crippen LogP contribution is 2.11. The first-order valence-electron chi connectivity index (χ1n) is 3.95. The first-order chi connectivity index (χ1) is 5.68. The van der Waals surface area contributed by atoms with E-state index in [1.54, 1.807) is 0 Å². The largest absolute Gasteiger partial charge is 0.334 e. The van der Waals surface area contributed by atoms with E-state index in [9.17, 15) is 0 Å². The van der Waals surface area contributed by atoms with Crippen molar-refractivity contribution in [2.75, 3.05) is 0 Å². The molecular weight excluding hydrogens is 150 g/mol. The second kappa shape index (κ2) is 2.30. The Morgan fingerprint density at radius 1 is 1.17 bits per heavy atom. The topological polar surface area (TPSA) is 30.7 Å². The first kappa shape index (κ1) is 7.28. The van der Waals surface area contributed by atoms with Crippen LogP contribution in [0.3, 0.4) is 0 Å². The molecule has 0 saturated carbocycles. The van der Waals surface area contributed by atoms with E-state index >= 15 is 0 Å². The van der Waals surface area contributed by atoms with Crippen LogP contribution < -0.4 is 0 Å². The van der Waals surface area contributed by atoms with Crippen LogP contribution in [0.5, 0.6) is 0 Å². The van der Waals surface area contributed by atoms with Gasteiger partial charge in [0.1, 0.15) is 5.52 Å². The van der Waals surface area contributed by atoms with Crippen molar-refractivity contribution in [3.63, 3.8) is 0 Å². The van der Waals surface area contributed by atoms with Crippen molar-refractivity contribution in [2.45, 2.75) is 13.8 Å². The third-order valence-corrected chi connectivity index (χ3v) is 2.10. The van der Waals surface area contributed by atoms with Gasteiger partial charge in [-0.1, -0.05) is 0 Å². The number of aromatic nitrogens is 3. The second-order valence-corrected chi connectivity index (χ2v) is 3.03. The van der Waals surface area contributed by atoms with Crippen molar-refractivity contribution in [2.24, 2.45) is 7.05 Å². The van der Waals surface area contributed by atoms with Gasteiger partial charge in [0.05, 0.1) is 11.4 Å². The molecule has 0 bridgehead atoms. The van der Waals surface area contributed by atoms with Crippen LogP contribution in [-0.4, -0.2) is 14.5 Å². The minimum absolute atomic E-state index is 0.957. The molecule has 2 heterocycles. The monoisotopic (exact) mass is 161 g/mol. The molecule has 3 nitrogen and oxygen atoms in total. The molecule has 0 unspecified atom stereocenters. The molecule has 0 aliphatic heterocycles. The third-order valence-electron chi connectivity index (χ3n) is 2.10. The summed E-state index contributed by atoms with van der Waals surface area (Å²) in [6, 6.07) is 1.98. The summed E-state index contributed by atoms with van der Waals surface area (Å²) in [5.41, 5.74) is 3.94. The fourth-order valence-electron chi connectivity index (χ4n) is 1.23. The van der Waals surface area contributed by atoms with Crippen molar-refractivity contribution in [1.82, 2.24) is 14.5 Å². The van der Waals surface area contributed by atoms with E-state index in [1.807, 2.05) is 37.7 Å². The molecule has 0 amide bonds. The number of hydrogen-bond acceptors (Lipinski definition) is 2. The van der Waals surface area contributed by atoms with Gasteiger partial charge in [0.15, 0.2) is 5.65 Å². The molecule has 12 heavy (non-hydrogen) atoms. The van der Waals surface area contributed by atoms with Crippen LogP contribution in [0.2, 0.25) is 0 Å². The quantitative estimate of drug-likeness (QED) is 0.587. The molecule has 0 aromatic carbocycles. The molecule has 0 radical (unpaired) electrons. The van der Waals surface area contributed by atoms with Crippen molar-refractivity contribution >= 4 is 11.2 Å². The number of rotatable bonds is 0. The van der Waals surface area contributed by atoms with Crippen molar-refractivity contribution in [3.05, 3.63) is 23.7 Å². The highest BCUT2D eigenvalue weighted by molar-refractivity contribution is 5.71. The van der Waals surface area contributed by atoms with Crippen LogP contribution >= 0.6 is 0 Å². The first-order valence-corrected chi connectivity index (χ1v) is 3.95. The Balaban J connectivity index is 2.87. The molecule has 2 rings (SSSR count). The maximum absolute atomic E-state index is 4.44. The summed E-state index contributed by atoms with van der Waals surface area (Å²) < 4.78 is 1.98. The SMILES string of the molecule is Cc1nc2ccn(C)c2nc1C. The third kappa shape index (κ3) is 0.897. The standard InChI is InChI=1S/C9H11N3/c1-6-7(2)11-9-8(10-6)4-5-12(9)3/h4-5H,1-3H3. The smallest absolute Gasteiger partial charge is 0.158 e. The Morgan fingerprint density at radius 3 is 2.58 bits per heavy atom. The lowest BCUT2D eigenvalue weighted by Crippen LogP contribution is -1.95. The maximum Gasteiger partial charge on any atom is 0.158 e. The molecule has 2 aromatic rings. The van der Waals surface area contributed by atoms with E-state index in [-0.39, 0.29) is 0 Å². The van der Waals surface area contributed by atoms with Crippen molar-refractivity contribution in [1.29, 1.82) is 0 Å². The van der Waals surface area contributed by atoms with Crippen LogP contribution in [0.15, 0.2) is 12.3 Å². The normalized spacial score (nSPS) is 10.9. The number of fused-ring (bicyclic) bond motifs is 1. The molecule has 3 heteroatoms. The minimum Gasteiger partial charge on any atom is -0.334 e. The Morgan fingerprint density at radius 2 is 1.83 bits per heavy atom. The lowest BCUT2D eigenvalue weighted by atomic mass is 10.3. The Kier molecular flexibility index (Phi) is 1.40. The highest BCUT2D eigenvalue weighted by atomic mass is 15.0. The molecule has 2 aromatic heterocycles. The van der Waals surface area contributed by atoms with Gasteiger partial charge in [-0.2, -0.15) is 0 Å². The average Bonchev–Trinajstić information content (AvgIpc) is 2.35. The number of hydrogen-bond donors (Lipinski definition) is 0. The lowest BCUT2D eigenvalue weighted by molar-refractivity contribution is 0.934. The summed E-state index contributed by atoms with van der Waals surface area (Å²) >= 11 is 0. The van der Waals surface area contributed by atoms with Crippen LogP contribution in [0.1, 0.15) is 11.4 Å². The van der Waals surface area contributed by atoms with Crippen LogP contribution in [0.4, 0.5) is 0 Å². The maximum atomic E-state index is 4.44. The van der Waals surface area contributed by atoms with Gasteiger partial charge in [-0.3, -0.25) is 0 Å². The summed E-state index contributed by atoms with van der Waals surface area (Å²) in [5, 5.41) is 0. The van der Waals surface area contributed by atoms with Gasteiger partial charge in [0, 0.05) is 13.2 Å². The van der Waals surface area contributed by atoms with Crippen LogP contribution in [0, 0.1) is 13.8 Å². The van der Waals surface area contributed by atoms with E-state index in [2.05, 4.69) is 9.97 Å². The van der Waals surface area contributed by atoms with Crippen molar-refractivity contribution < 1.29 is 0 Å². The summed E-state index contributed by atoms with van der Waals surface area (Å²) in [4.78, 5) is 8.85. The van der Waals surface area contributed by atoms with E-state index in [1.165, 1.54) is 0 Å². The summed E-state index contributed by atoms with van der Waals surface area (Å²) in [7, 11) is 1.98. The molecule has 0 N–H and O–H groups in total. The molecule has 0 atom stereocenters. The van der Waals surface area contributed by atoms with E-state index in [0.717, 1.165) is 22.6 Å². The fourth-order valence-corrected chi connectivity index (χ4v) is 1.23. The Hall–Kier alpha value is -1.38. The van der Waals surface area contributed by atoms with Gasteiger partial charge in [-0.25, -0.2) is 9.97 Å². The summed E-state index contributed by atoms with van der Waals surface area (Å²) in [6.07, 6.45) is 1.98. The second-order valence-electron chi connectivity index (χ2n) is 3.03. The zero-order valence-electron chi connectivity index (χ0n) is 7.50. The van der Waals surface area contributed by atoms with Gasteiger partial charge < -0.3 is 4.57 Å². The average molecular weight is 161 g/mol. The zero-order chi connectivity index (χ0) is 8.72. The van der Waals surface area contributed by atoms with Crippen LogP contribution in [0.25, 0.3) is 11.2 Å². The van der Waals surface area contributed by atoms with Gasteiger partial charge in [-0.05, 0) is 19.9 Å². The predicted molar refractivity (Wildman–Crippen MR) is 48.0 cm³/mol. The lowest BCUT2D eigenvalue weighted by Gasteiger charge is -1.99. The molecule has 0 aliphatic rings. The Labute approximate surface area is 71.1 Å². The molecule has 0 fully saturated rings. The van der Waals surface area contributed by atoms with Gasteiger partial charge in [0.25, 0.3) is 0 Å².